The maximum Gasteiger partial charge on any atom is 0.0616 e. The monoisotopic (exact) mass is 530 g/mol. The zero-order valence-electron chi connectivity index (χ0n) is 24.1. The second-order valence-electron chi connectivity index (χ2n) is 7.64. The highest BCUT2D eigenvalue weighted by Crippen LogP contribution is 2.35. The first-order chi connectivity index (χ1) is 15.9. The molecular weight excluding hydrogens is 480 g/mol. The summed E-state index contributed by atoms with van der Waals surface area (Å²) in [6.45, 7) is 4.72. The first-order valence-corrected chi connectivity index (χ1v) is 13.6. The molecule has 1 aliphatic rings. The summed E-state index contributed by atoms with van der Waals surface area (Å²) < 4.78 is 65.8. The van der Waals surface area contributed by atoms with Crippen LogP contribution in [0.3, 0.4) is 0 Å². The molecule has 0 spiro atoms. The van der Waals surface area contributed by atoms with Gasteiger partial charge in [0.25, 0.3) is 0 Å². The van der Waals surface area contributed by atoms with E-state index in [-0.39, 0.29) is 30.3 Å². The number of hydrogen-bond acceptors (Lipinski definition) is 2. The number of rotatable bonds is 18. The van der Waals surface area contributed by atoms with Crippen molar-refractivity contribution < 1.29 is 17.7 Å². The van der Waals surface area contributed by atoms with Crippen LogP contribution in [0.25, 0.3) is 0 Å². The summed E-state index contributed by atoms with van der Waals surface area (Å²) in [4.78, 5) is 0. The quantitative estimate of drug-likeness (QED) is 0.131. The Morgan fingerprint density at radius 3 is 1.68 bits per heavy atom. The van der Waals surface area contributed by atoms with Gasteiger partial charge in [-0.15, -0.1) is 0 Å². The summed E-state index contributed by atoms with van der Waals surface area (Å²) in [6, 6.07) is 0. The van der Waals surface area contributed by atoms with Gasteiger partial charge in [0.15, 0.2) is 0 Å². The van der Waals surface area contributed by atoms with Crippen LogP contribution < -0.4 is 0 Å². The van der Waals surface area contributed by atoms with Crippen molar-refractivity contribution in [2.45, 2.75) is 116 Å². The lowest BCUT2D eigenvalue weighted by Gasteiger charge is -2.40. The lowest BCUT2D eigenvalue weighted by atomic mass is 9.79. The molecule has 4 heteroatoms. The number of unbranched alkanes of at least 4 members (excludes halogenated alkanes) is 10. The van der Waals surface area contributed by atoms with Gasteiger partial charge in [-0.05, 0) is 37.4 Å². The number of hydrogen-bond donors (Lipinski definition) is 0. The van der Waals surface area contributed by atoms with Crippen molar-refractivity contribution >= 4 is 31.9 Å². The molecule has 0 saturated heterocycles. The molecule has 0 N–H and O–H groups in total. The molecule has 0 radical (unpaired) electrons. The van der Waals surface area contributed by atoms with Crippen molar-refractivity contribution in [3.05, 3.63) is 0 Å². The lowest BCUT2D eigenvalue weighted by Crippen LogP contribution is -2.43. The van der Waals surface area contributed by atoms with E-state index in [1.165, 1.54) is 19.3 Å². The first-order valence-electron chi connectivity index (χ1n) is 14.3. The Morgan fingerprint density at radius 2 is 1.18 bits per heavy atom. The van der Waals surface area contributed by atoms with Gasteiger partial charge in [-0.1, -0.05) is 110 Å². The molecule has 168 valence electrons. The molecule has 0 aromatic carbocycles. The summed E-state index contributed by atoms with van der Waals surface area (Å²) in [6.07, 6.45) is 5.24. The van der Waals surface area contributed by atoms with Crippen LogP contribution in [0.5, 0.6) is 0 Å². The van der Waals surface area contributed by atoms with Crippen LogP contribution in [0.2, 0.25) is 0 Å². The van der Waals surface area contributed by atoms with E-state index in [9.17, 15) is 0 Å². The largest absolute Gasteiger partial charge is 0.378 e. The molecule has 1 rings (SSSR count). The highest BCUT2D eigenvalue weighted by molar-refractivity contribution is 9.09. The van der Waals surface area contributed by atoms with Crippen molar-refractivity contribution in [2.75, 3.05) is 23.9 Å². The smallest absolute Gasteiger partial charge is 0.0616 e. The standard InChI is InChI=1S/C24H46Br2O2/c1-3-5-7-9-11-13-15-27-23-17-22(20-26)24(18-21(23)19-25)28-16-14-12-10-8-6-4-2/h21-24H,3-20H2,1-2H3/i17D2,21D,22D,23D,24D. The van der Waals surface area contributed by atoms with Gasteiger partial charge in [0.05, 0.1) is 14.9 Å². The second kappa shape index (κ2) is 18.6. The van der Waals surface area contributed by atoms with Crippen molar-refractivity contribution in [1.29, 1.82) is 0 Å². The van der Waals surface area contributed by atoms with Crippen LogP contribution in [0.1, 0.15) is 112 Å². The van der Waals surface area contributed by atoms with E-state index in [1.807, 2.05) is 0 Å². The first kappa shape index (κ1) is 18.5. The van der Waals surface area contributed by atoms with Gasteiger partial charge < -0.3 is 9.47 Å². The number of halogens is 2. The predicted octanol–water partition coefficient (Wildman–Crippen LogP) is 8.29. The third-order valence-corrected chi connectivity index (χ3v) is 6.35. The Kier molecular flexibility index (Phi) is 12.3. The van der Waals surface area contributed by atoms with E-state index in [0.29, 0.717) is 6.42 Å². The molecule has 4 atom stereocenters. The highest BCUT2D eigenvalue weighted by atomic mass is 79.9. The van der Waals surface area contributed by atoms with Gasteiger partial charge in [-0.25, -0.2) is 0 Å². The fourth-order valence-electron chi connectivity index (χ4n) is 3.30. The third-order valence-electron chi connectivity index (χ3n) is 5.11. The minimum atomic E-state index is -2.62. The summed E-state index contributed by atoms with van der Waals surface area (Å²) in [7, 11) is 0. The van der Waals surface area contributed by atoms with E-state index in [4.69, 9.17) is 17.7 Å². The molecule has 0 aromatic rings. The maximum absolute atomic E-state index is 9.07. The van der Waals surface area contributed by atoms with Crippen LogP contribution in [0, 0.1) is 11.8 Å². The normalized spacial score (nSPS) is 40.7. The van der Waals surface area contributed by atoms with Crippen LogP contribution in [0.4, 0.5) is 0 Å². The van der Waals surface area contributed by atoms with Crippen LogP contribution in [-0.4, -0.2) is 36.0 Å². The maximum atomic E-state index is 9.07. The average Bonchev–Trinajstić information content (AvgIpc) is 2.80. The Labute approximate surface area is 201 Å². The summed E-state index contributed by atoms with van der Waals surface area (Å²) >= 11 is 6.57. The van der Waals surface area contributed by atoms with E-state index in [1.54, 1.807) is 0 Å². The molecule has 28 heavy (non-hydrogen) atoms. The van der Waals surface area contributed by atoms with Crippen molar-refractivity contribution in [2.24, 2.45) is 11.8 Å². The Bertz CT molecular complexity index is 590. The highest BCUT2D eigenvalue weighted by Gasteiger charge is 2.37. The van der Waals surface area contributed by atoms with Gasteiger partial charge in [0.2, 0.25) is 0 Å². The average molecular weight is 532 g/mol. The molecule has 2 nitrogen and oxygen atoms in total. The van der Waals surface area contributed by atoms with Crippen molar-refractivity contribution in [1.82, 2.24) is 0 Å². The second-order valence-corrected chi connectivity index (χ2v) is 8.76. The molecular formula is C24H46Br2O2. The van der Waals surface area contributed by atoms with Gasteiger partial charge in [0.1, 0.15) is 0 Å². The van der Waals surface area contributed by atoms with Gasteiger partial charge in [-0.3, -0.25) is 0 Å². The molecule has 0 bridgehead atoms. The number of ether oxygens (including phenoxy) is 2. The van der Waals surface area contributed by atoms with Crippen molar-refractivity contribution in [3.8, 4) is 0 Å². The predicted molar refractivity (Wildman–Crippen MR) is 130 cm³/mol. The minimum Gasteiger partial charge on any atom is -0.378 e. The fourth-order valence-corrected chi connectivity index (χ4v) is 4.21. The van der Waals surface area contributed by atoms with E-state index < -0.39 is 30.3 Å². The van der Waals surface area contributed by atoms with E-state index in [2.05, 4.69) is 45.7 Å². The zero-order chi connectivity index (χ0) is 25.9. The third kappa shape index (κ3) is 11.9. The number of alkyl halides is 2. The Morgan fingerprint density at radius 1 is 0.714 bits per heavy atom. The van der Waals surface area contributed by atoms with Crippen LogP contribution in [-0.2, 0) is 9.47 Å². The fraction of sp³-hybridized carbons (Fsp3) is 1.00. The zero-order valence-corrected chi connectivity index (χ0v) is 21.3. The van der Waals surface area contributed by atoms with Crippen LogP contribution >= 0.6 is 31.9 Å². The molecule has 0 amide bonds. The van der Waals surface area contributed by atoms with E-state index in [0.717, 1.165) is 51.4 Å². The topological polar surface area (TPSA) is 18.5 Å². The SMILES string of the molecule is [2H]C1(CBr)CC([2H])(OCCCCCCCC)C([2H])(CBr)C([2H])([2H])C1([2H])OCCCCCCCC. The summed E-state index contributed by atoms with van der Waals surface area (Å²) in [5.41, 5.74) is 0. The lowest BCUT2D eigenvalue weighted by molar-refractivity contribution is -0.0834. The molecule has 1 saturated carbocycles. The minimum absolute atomic E-state index is 0.0428. The van der Waals surface area contributed by atoms with E-state index >= 15 is 0 Å². The van der Waals surface area contributed by atoms with Gasteiger partial charge >= 0.3 is 0 Å². The van der Waals surface area contributed by atoms with Crippen molar-refractivity contribution in [3.63, 3.8) is 0 Å². The van der Waals surface area contributed by atoms with Gasteiger partial charge in [-0.2, -0.15) is 0 Å². The Hall–Kier alpha value is 0.880. The molecule has 1 fully saturated rings. The molecule has 0 aromatic heterocycles. The molecule has 0 heterocycles. The summed E-state index contributed by atoms with van der Waals surface area (Å²) in [5.74, 6) is -3.90. The van der Waals surface area contributed by atoms with Crippen LogP contribution in [0.15, 0.2) is 0 Å². The summed E-state index contributed by atoms with van der Waals surface area (Å²) in [5, 5.41) is -0.231. The molecule has 1 aliphatic carbocycles. The van der Waals surface area contributed by atoms with Gasteiger partial charge in [0, 0.05) is 29.4 Å². The Balaban J connectivity index is 2.97. The molecule has 0 aliphatic heterocycles. The molecule has 4 unspecified atom stereocenters.